The van der Waals surface area contributed by atoms with Crippen molar-refractivity contribution in [3.8, 4) is 0 Å². The summed E-state index contributed by atoms with van der Waals surface area (Å²) in [5.74, 6) is 0.718. The lowest BCUT2D eigenvalue weighted by Gasteiger charge is -2.07. The quantitative estimate of drug-likeness (QED) is 0.663. The molecule has 0 spiro atoms. The molecule has 68 valence electrons. The summed E-state index contributed by atoms with van der Waals surface area (Å²) in [6.07, 6.45) is 0.779. The third-order valence-electron chi connectivity index (χ3n) is 1.88. The first kappa shape index (κ1) is 9.19. The largest absolute Gasteiger partial charge is 0.381 e. The fourth-order valence-corrected chi connectivity index (χ4v) is 1.03. The SMILES string of the molecule is COC(C)CC1=NC(C)C(=O)N1. The average molecular weight is 170 g/mol. The molecule has 4 heteroatoms. The van der Waals surface area contributed by atoms with Crippen LogP contribution >= 0.6 is 0 Å². The molecule has 1 rings (SSSR count). The second-order valence-electron chi connectivity index (χ2n) is 2.99. The zero-order valence-corrected chi connectivity index (χ0v) is 7.63. The second kappa shape index (κ2) is 3.67. The van der Waals surface area contributed by atoms with Crippen molar-refractivity contribution in [1.29, 1.82) is 0 Å². The third kappa shape index (κ3) is 2.04. The Hall–Kier alpha value is -0.900. The number of carbonyl (C=O) groups excluding carboxylic acids is 1. The Bertz CT molecular complexity index is 213. The number of nitrogens with zero attached hydrogens (tertiary/aromatic N) is 1. The number of amides is 1. The number of hydrogen-bond donors (Lipinski definition) is 1. The number of rotatable bonds is 3. The number of nitrogens with one attached hydrogen (secondary N) is 1. The predicted octanol–water partition coefficient (Wildman–Crippen LogP) is 0.328. The Morgan fingerprint density at radius 1 is 1.75 bits per heavy atom. The molecule has 0 fully saturated rings. The monoisotopic (exact) mass is 170 g/mol. The molecule has 1 aliphatic heterocycles. The Morgan fingerprint density at radius 2 is 2.42 bits per heavy atom. The predicted molar refractivity (Wildman–Crippen MR) is 46.1 cm³/mol. The van der Waals surface area contributed by atoms with Crippen LogP contribution in [0.3, 0.4) is 0 Å². The van der Waals surface area contributed by atoms with Crippen molar-refractivity contribution in [2.75, 3.05) is 7.11 Å². The first-order chi connectivity index (χ1) is 5.63. The zero-order chi connectivity index (χ0) is 9.14. The Kier molecular flexibility index (Phi) is 2.81. The van der Waals surface area contributed by atoms with Gasteiger partial charge in [-0.2, -0.15) is 0 Å². The van der Waals surface area contributed by atoms with Crippen molar-refractivity contribution in [3.05, 3.63) is 0 Å². The molecule has 1 aliphatic rings. The van der Waals surface area contributed by atoms with Crippen LogP contribution < -0.4 is 5.32 Å². The van der Waals surface area contributed by atoms with Crippen molar-refractivity contribution in [3.63, 3.8) is 0 Å². The molecule has 0 aromatic rings. The number of ether oxygens (including phenoxy) is 1. The normalized spacial score (nSPS) is 25.1. The summed E-state index contributed by atoms with van der Waals surface area (Å²) < 4.78 is 5.05. The van der Waals surface area contributed by atoms with E-state index < -0.39 is 0 Å². The molecule has 0 saturated carbocycles. The van der Waals surface area contributed by atoms with Crippen molar-refractivity contribution < 1.29 is 9.53 Å². The Balaban J connectivity index is 2.45. The summed E-state index contributed by atoms with van der Waals surface area (Å²) in [6, 6.07) is -0.232. The van der Waals surface area contributed by atoms with Gasteiger partial charge in [-0.3, -0.25) is 9.79 Å². The molecule has 2 unspecified atom stereocenters. The second-order valence-corrected chi connectivity index (χ2v) is 2.99. The van der Waals surface area contributed by atoms with Crippen molar-refractivity contribution >= 4 is 11.7 Å². The van der Waals surface area contributed by atoms with Crippen molar-refractivity contribution in [1.82, 2.24) is 5.32 Å². The summed E-state index contributed by atoms with van der Waals surface area (Å²) in [4.78, 5) is 15.1. The van der Waals surface area contributed by atoms with Gasteiger partial charge in [-0.05, 0) is 13.8 Å². The van der Waals surface area contributed by atoms with Gasteiger partial charge in [0.2, 0.25) is 5.91 Å². The third-order valence-corrected chi connectivity index (χ3v) is 1.88. The molecule has 0 bridgehead atoms. The van der Waals surface area contributed by atoms with E-state index in [9.17, 15) is 4.79 Å². The summed E-state index contributed by atoms with van der Waals surface area (Å²) in [6.45, 7) is 3.72. The van der Waals surface area contributed by atoms with Gasteiger partial charge in [0.25, 0.3) is 0 Å². The molecule has 4 nitrogen and oxygen atoms in total. The summed E-state index contributed by atoms with van der Waals surface area (Å²) in [7, 11) is 1.64. The highest BCUT2D eigenvalue weighted by atomic mass is 16.5. The smallest absolute Gasteiger partial charge is 0.249 e. The van der Waals surface area contributed by atoms with Gasteiger partial charge in [-0.25, -0.2) is 0 Å². The first-order valence-electron chi connectivity index (χ1n) is 4.04. The van der Waals surface area contributed by atoms with E-state index >= 15 is 0 Å². The number of methoxy groups -OCH3 is 1. The van der Waals surface area contributed by atoms with Crippen LogP contribution in [0.5, 0.6) is 0 Å². The van der Waals surface area contributed by atoms with Gasteiger partial charge >= 0.3 is 0 Å². The van der Waals surface area contributed by atoms with E-state index in [1.807, 2.05) is 6.92 Å². The van der Waals surface area contributed by atoms with Crippen LogP contribution in [0.25, 0.3) is 0 Å². The van der Waals surface area contributed by atoms with Gasteiger partial charge in [0.1, 0.15) is 11.9 Å². The molecule has 12 heavy (non-hydrogen) atoms. The van der Waals surface area contributed by atoms with Crippen LogP contribution in [0.1, 0.15) is 20.3 Å². The van der Waals surface area contributed by atoms with Gasteiger partial charge in [0.05, 0.1) is 6.10 Å². The topological polar surface area (TPSA) is 50.7 Å². The van der Waals surface area contributed by atoms with E-state index in [1.165, 1.54) is 0 Å². The maximum absolute atomic E-state index is 11.0. The van der Waals surface area contributed by atoms with Gasteiger partial charge in [-0.15, -0.1) is 0 Å². The minimum absolute atomic E-state index is 0.0201. The van der Waals surface area contributed by atoms with Crippen LogP contribution in [0, 0.1) is 0 Å². The molecule has 2 atom stereocenters. The highest BCUT2D eigenvalue weighted by molar-refractivity contribution is 6.05. The Morgan fingerprint density at radius 3 is 2.83 bits per heavy atom. The highest BCUT2D eigenvalue weighted by Gasteiger charge is 2.22. The van der Waals surface area contributed by atoms with E-state index in [2.05, 4.69) is 10.3 Å². The number of carbonyl (C=O) groups is 1. The minimum Gasteiger partial charge on any atom is -0.381 e. The van der Waals surface area contributed by atoms with Crippen LogP contribution in [0.4, 0.5) is 0 Å². The standard InChI is InChI=1S/C8H14N2O2/c1-5(12-3)4-7-9-6(2)8(11)10-7/h5-6H,4H2,1-3H3,(H,9,10,11). The Labute approximate surface area is 72.0 Å². The zero-order valence-electron chi connectivity index (χ0n) is 7.63. The van der Waals surface area contributed by atoms with Crippen LogP contribution in [-0.2, 0) is 9.53 Å². The lowest BCUT2D eigenvalue weighted by molar-refractivity contribution is -0.119. The minimum atomic E-state index is -0.232. The molecule has 1 heterocycles. The fraction of sp³-hybridized carbons (Fsp3) is 0.750. The van der Waals surface area contributed by atoms with Crippen molar-refractivity contribution in [2.24, 2.45) is 4.99 Å². The maximum Gasteiger partial charge on any atom is 0.249 e. The van der Waals surface area contributed by atoms with E-state index in [1.54, 1.807) is 14.0 Å². The van der Waals surface area contributed by atoms with Gasteiger partial charge in [-0.1, -0.05) is 0 Å². The average Bonchev–Trinajstić information content (AvgIpc) is 2.31. The van der Waals surface area contributed by atoms with E-state index in [4.69, 9.17) is 4.74 Å². The number of hydrogen-bond acceptors (Lipinski definition) is 3. The first-order valence-corrected chi connectivity index (χ1v) is 4.04. The molecule has 1 N–H and O–H groups in total. The van der Waals surface area contributed by atoms with Gasteiger partial charge in [0, 0.05) is 13.5 Å². The maximum atomic E-state index is 11.0. The van der Waals surface area contributed by atoms with Crippen LogP contribution in [0.2, 0.25) is 0 Å². The van der Waals surface area contributed by atoms with Crippen LogP contribution in [0.15, 0.2) is 4.99 Å². The molecule has 0 aromatic heterocycles. The molecule has 1 amide bonds. The lowest BCUT2D eigenvalue weighted by atomic mass is 10.3. The summed E-state index contributed by atoms with van der Waals surface area (Å²) >= 11 is 0. The van der Waals surface area contributed by atoms with Crippen molar-refractivity contribution in [2.45, 2.75) is 32.4 Å². The van der Waals surface area contributed by atoms with E-state index in [0.717, 1.165) is 5.84 Å². The molecule has 0 aromatic carbocycles. The summed E-state index contributed by atoms with van der Waals surface area (Å²) in [5, 5.41) is 2.70. The van der Waals surface area contributed by atoms with Crippen LogP contribution in [-0.4, -0.2) is 31.0 Å². The molecule has 0 radical (unpaired) electrons. The highest BCUT2D eigenvalue weighted by Crippen LogP contribution is 2.04. The number of amidine groups is 1. The van der Waals surface area contributed by atoms with E-state index in [-0.39, 0.29) is 18.1 Å². The number of aliphatic imine (C=N–C) groups is 1. The van der Waals surface area contributed by atoms with Gasteiger partial charge < -0.3 is 10.1 Å². The fourth-order valence-electron chi connectivity index (χ4n) is 1.03. The van der Waals surface area contributed by atoms with E-state index in [0.29, 0.717) is 6.42 Å². The lowest BCUT2D eigenvalue weighted by Crippen LogP contribution is -2.29. The summed E-state index contributed by atoms with van der Waals surface area (Å²) in [5.41, 5.74) is 0. The van der Waals surface area contributed by atoms with Gasteiger partial charge in [0.15, 0.2) is 0 Å². The molecule has 0 aliphatic carbocycles. The molecular weight excluding hydrogens is 156 g/mol. The molecular formula is C8H14N2O2. The molecule has 0 saturated heterocycles.